The first kappa shape index (κ1) is 20.5. The zero-order valence-corrected chi connectivity index (χ0v) is 16.5. The molecule has 154 valence electrons. The highest BCUT2D eigenvalue weighted by Gasteiger charge is 2.26. The van der Waals surface area contributed by atoms with Crippen LogP contribution in [0.2, 0.25) is 0 Å². The number of carbonyl (C=O) groups excluding carboxylic acids is 2. The molecule has 0 saturated carbocycles. The SMILES string of the molecule is CCOC(=O)NCc1ccccc1C(=O)N1CCC(Oc2cccc(O)c2)CC1. The normalized spacial score (nSPS) is 14.3. The van der Waals surface area contributed by atoms with Crippen molar-refractivity contribution in [1.82, 2.24) is 10.2 Å². The lowest BCUT2D eigenvalue weighted by molar-refractivity contribution is 0.0594. The van der Waals surface area contributed by atoms with Crippen molar-refractivity contribution < 1.29 is 24.2 Å². The topological polar surface area (TPSA) is 88.1 Å². The molecule has 29 heavy (non-hydrogen) atoms. The largest absolute Gasteiger partial charge is 0.508 e. The van der Waals surface area contributed by atoms with Crippen LogP contribution in [0.15, 0.2) is 48.5 Å². The number of carbonyl (C=O) groups is 2. The Balaban J connectivity index is 1.57. The van der Waals surface area contributed by atoms with Crippen molar-refractivity contribution >= 4 is 12.0 Å². The smallest absolute Gasteiger partial charge is 0.407 e. The second kappa shape index (κ2) is 9.82. The highest BCUT2D eigenvalue weighted by atomic mass is 16.5. The third-order valence-corrected chi connectivity index (χ3v) is 4.80. The van der Waals surface area contributed by atoms with E-state index in [2.05, 4.69) is 5.32 Å². The van der Waals surface area contributed by atoms with E-state index >= 15 is 0 Å². The van der Waals surface area contributed by atoms with Gasteiger partial charge in [-0.15, -0.1) is 0 Å². The summed E-state index contributed by atoms with van der Waals surface area (Å²) >= 11 is 0. The fourth-order valence-corrected chi connectivity index (χ4v) is 3.33. The number of hydrogen-bond acceptors (Lipinski definition) is 5. The molecule has 1 aliphatic rings. The summed E-state index contributed by atoms with van der Waals surface area (Å²) in [5, 5.41) is 12.2. The number of alkyl carbamates (subject to hydrolysis) is 1. The zero-order chi connectivity index (χ0) is 20.6. The van der Waals surface area contributed by atoms with Crippen LogP contribution in [-0.4, -0.2) is 47.8 Å². The maximum Gasteiger partial charge on any atom is 0.407 e. The Labute approximate surface area is 170 Å². The van der Waals surface area contributed by atoms with E-state index < -0.39 is 6.09 Å². The van der Waals surface area contributed by atoms with Gasteiger partial charge in [0.1, 0.15) is 17.6 Å². The first-order valence-electron chi connectivity index (χ1n) is 9.80. The van der Waals surface area contributed by atoms with Crippen molar-refractivity contribution in [3.63, 3.8) is 0 Å². The van der Waals surface area contributed by atoms with E-state index in [4.69, 9.17) is 9.47 Å². The van der Waals surface area contributed by atoms with Crippen molar-refractivity contribution in [2.45, 2.75) is 32.4 Å². The first-order valence-corrected chi connectivity index (χ1v) is 9.80. The number of hydrogen-bond donors (Lipinski definition) is 2. The average molecular weight is 398 g/mol. The summed E-state index contributed by atoms with van der Waals surface area (Å²) in [4.78, 5) is 26.4. The second-order valence-electron chi connectivity index (χ2n) is 6.84. The molecule has 2 amide bonds. The Kier molecular flexibility index (Phi) is 6.94. The molecular formula is C22H26N2O5. The molecule has 3 rings (SSSR count). The minimum atomic E-state index is -0.500. The number of nitrogens with one attached hydrogen (secondary N) is 1. The fourth-order valence-electron chi connectivity index (χ4n) is 3.33. The van der Waals surface area contributed by atoms with Gasteiger partial charge in [-0.1, -0.05) is 24.3 Å². The van der Waals surface area contributed by atoms with Gasteiger partial charge in [0.05, 0.1) is 6.61 Å². The molecule has 2 aromatic rings. The molecule has 0 radical (unpaired) electrons. The molecule has 1 saturated heterocycles. The number of nitrogens with zero attached hydrogens (tertiary/aromatic N) is 1. The molecule has 7 heteroatoms. The number of likely N-dealkylation sites (tertiary alicyclic amines) is 1. The lowest BCUT2D eigenvalue weighted by Crippen LogP contribution is -2.42. The molecule has 1 fully saturated rings. The van der Waals surface area contributed by atoms with E-state index in [9.17, 15) is 14.7 Å². The molecular weight excluding hydrogens is 372 g/mol. The van der Waals surface area contributed by atoms with E-state index in [0.29, 0.717) is 43.9 Å². The molecule has 7 nitrogen and oxygen atoms in total. The number of benzene rings is 2. The van der Waals surface area contributed by atoms with Crippen LogP contribution >= 0.6 is 0 Å². The summed E-state index contributed by atoms with van der Waals surface area (Å²) in [5.74, 6) is 0.746. The van der Waals surface area contributed by atoms with Crippen LogP contribution in [0.5, 0.6) is 11.5 Å². The number of phenols is 1. The van der Waals surface area contributed by atoms with Crippen molar-refractivity contribution in [2.75, 3.05) is 19.7 Å². The monoisotopic (exact) mass is 398 g/mol. The van der Waals surface area contributed by atoms with Gasteiger partial charge in [0.2, 0.25) is 0 Å². The van der Waals surface area contributed by atoms with Crippen molar-refractivity contribution in [3.8, 4) is 11.5 Å². The Morgan fingerprint density at radius 2 is 1.90 bits per heavy atom. The number of ether oxygens (including phenoxy) is 2. The minimum Gasteiger partial charge on any atom is -0.508 e. The molecule has 0 unspecified atom stereocenters. The summed E-state index contributed by atoms with van der Waals surface area (Å²) in [5.41, 5.74) is 1.33. The summed E-state index contributed by atoms with van der Waals surface area (Å²) in [7, 11) is 0. The van der Waals surface area contributed by atoms with E-state index in [1.54, 1.807) is 31.2 Å². The minimum absolute atomic E-state index is 0.00146. The number of piperidine rings is 1. The van der Waals surface area contributed by atoms with Crippen molar-refractivity contribution in [3.05, 3.63) is 59.7 Å². The zero-order valence-electron chi connectivity index (χ0n) is 16.5. The van der Waals surface area contributed by atoms with E-state index in [0.717, 1.165) is 5.56 Å². The Bertz CT molecular complexity index is 847. The molecule has 0 aliphatic carbocycles. The molecule has 2 aromatic carbocycles. The van der Waals surface area contributed by atoms with Crippen LogP contribution in [0.3, 0.4) is 0 Å². The second-order valence-corrected chi connectivity index (χ2v) is 6.84. The lowest BCUT2D eigenvalue weighted by Gasteiger charge is -2.32. The summed E-state index contributed by atoms with van der Waals surface area (Å²) in [6.07, 6.45) is 0.927. The van der Waals surface area contributed by atoms with Crippen LogP contribution in [-0.2, 0) is 11.3 Å². The van der Waals surface area contributed by atoms with Gasteiger partial charge >= 0.3 is 6.09 Å². The maximum absolute atomic E-state index is 13.0. The third kappa shape index (κ3) is 5.63. The van der Waals surface area contributed by atoms with E-state index in [-0.39, 0.29) is 24.3 Å². The quantitative estimate of drug-likeness (QED) is 0.779. The third-order valence-electron chi connectivity index (χ3n) is 4.80. The van der Waals surface area contributed by atoms with Crippen LogP contribution in [0.25, 0.3) is 0 Å². The van der Waals surface area contributed by atoms with Gasteiger partial charge in [-0.2, -0.15) is 0 Å². The van der Waals surface area contributed by atoms with Gasteiger partial charge in [0.15, 0.2) is 0 Å². The number of aromatic hydroxyl groups is 1. The number of rotatable bonds is 6. The van der Waals surface area contributed by atoms with E-state index in [1.807, 2.05) is 29.2 Å². The first-order chi connectivity index (χ1) is 14.1. The summed E-state index contributed by atoms with van der Waals surface area (Å²) < 4.78 is 10.8. The molecule has 1 heterocycles. The summed E-state index contributed by atoms with van der Waals surface area (Å²) in [6, 6.07) is 14.0. The summed E-state index contributed by atoms with van der Waals surface area (Å²) in [6.45, 7) is 3.44. The van der Waals surface area contributed by atoms with Crippen molar-refractivity contribution in [2.24, 2.45) is 0 Å². The predicted molar refractivity (Wildman–Crippen MR) is 108 cm³/mol. The molecule has 0 aromatic heterocycles. The van der Waals surface area contributed by atoms with Crippen LogP contribution in [0.1, 0.15) is 35.7 Å². The molecule has 0 spiro atoms. The number of phenolic OH excluding ortho intramolecular Hbond substituents is 1. The molecule has 1 aliphatic heterocycles. The molecule has 2 N–H and O–H groups in total. The van der Waals surface area contributed by atoms with Gasteiger partial charge in [-0.25, -0.2) is 4.79 Å². The molecule has 0 atom stereocenters. The van der Waals surface area contributed by atoms with Gasteiger partial charge in [0, 0.05) is 44.1 Å². The van der Waals surface area contributed by atoms with Gasteiger partial charge in [-0.3, -0.25) is 4.79 Å². The van der Waals surface area contributed by atoms with E-state index in [1.165, 1.54) is 0 Å². The van der Waals surface area contributed by atoms with Gasteiger partial charge in [-0.05, 0) is 30.7 Å². The Morgan fingerprint density at radius 1 is 1.14 bits per heavy atom. The Hall–Kier alpha value is -3.22. The van der Waals surface area contributed by atoms with Crippen LogP contribution in [0.4, 0.5) is 4.79 Å². The fraction of sp³-hybridized carbons (Fsp3) is 0.364. The van der Waals surface area contributed by atoms with Crippen LogP contribution in [0, 0.1) is 0 Å². The van der Waals surface area contributed by atoms with Gasteiger partial charge in [0.25, 0.3) is 5.91 Å². The lowest BCUT2D eigenvalue weighted by atomic mass is 10.0. The predicted octanol–water partition coefficient (Wildman–Crippen LogP) is 3.32. The number of amides is 2. The maximum atomic E-state index is 13.0. The van der Waals surface area contributed by atoms with Crippen LogP contribution < -0.4 is 10.1 Å². The van der Waals surface area contributed by atoms with Crippen molar-refractivity contribution in [1.29, 1.82) is 0 Å². The van der Waals surface area contributed by atoms with Gasteiger partial charge < -0.3 is 24.8 Å². The molecule has 0 bridgehead atoms. The highest BCUT2D eigenvalue weighted by Crippen LogP contribution is 2.23. The standard InChI is InChI=1S/C22H26N2O5/c1-2-28-22(27)23-15-16-6-3-4-9-20(16)21(26)24-12-10-18(11-13-24)29-19-8-5-7-17(25)14-19/h3-9,14,18,25H,2,10-13,15H2,1H3,(H,23,27). The highest BCUT2D eigenvalue weighted by molar-refractivity contribution is 5.95. The Morgan fingerprint density at radius 3 is 2.62 bits per heavy atom. The average Bonchev–Trinajstić information content (AvgIpc) is 2.73.